The molecule has 0 aliphatic heterocycles. The van der Waals surface area contributed by atoms with E-state index in [-0.39, 0.29) is 18.2 Å². The average molecular weight is 248 g/mol. The Bertz CT molecular complexity index is 455. The molecule has 1 aliphatic carbocycles. The number of ether oxygens (including phenoxy) is 1. The van der Waals surface area contributed by atoms with Crippen molar-refractivity contribution in [3.05, 3.63) is 29.6 Å². The van der Waals surface area contributed by atoms with Gasteiger partial charge in [0.1, 0.15) is 0 Å². The van der Waals surface area contributed by atoms with Gasteiger partial charge in [-0.2, -0.15) is 0 Å². The van der Waals surface area contributed by atoms with Crippen molar-refractivity contribution < 1.29 is 14.2 Å². The molecule has 96 valence electrons. The zero-order chi connectivity index (χ0) is 12.8. The molecule has 0 saturated heterocycles. The molecule has 1 N–H and O–H groups in total. The van der Waals surface area contributed by atoms with Gasteiger partial charge in [-0.3, -0.25) is 0 Å². The van der Waals surface area contributed by atoms with Crippen molar-refractivity contribution in [3.63, 3.8) is 0 Å². The van der Waals surface area contributed by atoms with E-state index in [2.05, 4.69) is 11.8 Å². The van der Waals surface area contributed by atoms with E-state index in [9.17, 15) is 4.39 Å². The molecule has 1 fully saturated rings. The standard InChI is InChI=1S/C15H17FO2/c16-14-8-7-12(4-1-2-9-17)10-15(14)18-11-13-5-3-6-13/h7-8,10,13,17H,2-3,5-6,9,11H2. The van der Waals surface area contributed by atoms with E-state index in [0.717, 1.165) is 0 Å². The van der Waals surface area contributed by atoms with Gasteiger partial charge in [0.05, 0.1) is 13.2 Å². The highest BCUT2D eigenvalue weighted by atomic mass is 19.1. The molecule has 0 heterocycles. The fraction of sp³-hybridized carbons (Fsp3) is 0.467. The first-order chi connectivity index (χ1) is 8.79. The molecule has 0 spiro atoms. The van der Waals surface area contributed by atoms with E-state index in [0.29, 0.717) is 24.5 Å². The number of hydrogen-bond acceptors (Lipinski definition) is 2. The topological polar surface area (TPSA) is 29.5 Å². The van der Waals surface area contributed by atoms with Crippen molar-refractivity contribution in [2.24, 2.45) is 5.92 Å². The summed E-state index contributed by atoms with van der Waals surface area (Å²) < 4.78 is 19.0. The molecule has 18 heavy (non-hydrogen) atoms. The van der Waals surface area contributed by atoms with E-state index in [4.69, 9.17) is 9.84 Å². The van der Waals surface area contributed by atoms with Gasteiger partial charge in [-0.15, -0.1) is 0 Å². The van der Waals surface area contributed by atoms with Gasteiger partial charge >= 0.3 is 0 Å². The first kappa shape index (κ1) is 12.9. The third kappa shape index (κ3) is 3.48. The summed E-state index contributed by atoms with van der Waals surface area (Å²) in [6, 6.07) is 4.62. The normalized spacial score (nSPS) is 14.6. The fourth-order valence-electron chi connectivity index (χ4n) is 1.78. The second kappa shape index (κ2) is 6.42. The molecule has 2 nitrogen and oxygen atoms in total. The van der Waals surface area contributed by atoms with Crippen LogP contribution in [0, 0.1) is 23.6 Å². The number of aliphatic hydroxyl groups excluding tert-OH is 1. The van der Waals surface area contributed by atoms with E-state index < -0.39 is 0 Å². The van der Waals surface area contributed by atoms with Crippen LogP contribution in [0.1, 0.15) is 31.2 Å². The molecule has 1 saturated carbocycles. The summed E-state index contributed by atoms with van der Waals surface area (Å²) in [5, 5.41) is 8.63. The van der Waals surface area contributed by atoms with Gasteiger partial charge in [-0.1, -0.05) is 18.3 Å². The van der Waals surface area contributed by atoms with Crippen LogP contribution in [0.25, 0.3) is 0 Å². The highest BCUT2D eigenvalue weighted by Gasteiger charge is 2.18. The van der Waals surface area contributed by atoms with Crippen LogP contribution in [0.15, 0.2) is 18.2 Å². The summed E-state index contributed by atoms with van der Waals surface area (Å²) in [5.41, 5.74) is 0.716. The van der Waals surface area contributed by atoms with Gasteiger partial charge in [-0.25, -0.2) is 4.39 Å². The molecule has 0 atom stereocenters. The molecular weight excluding hydrogens is 231 g/mol. The van der Waals surface area contributed by atoms with Gasteiger partial charge in [-0.05, 0) is 37.0 Å². The van der Waals surface area contributed by atoms with Crippen molar-refractivity contribution in [2.75, 3.05) is 13.2 Å². The Morgan fingerprint density at radius 2 is 2.22 bits per heavy atom. The van der Waals surface area contributed by atoms with Crippen LogP contribution < -0.4 is 4.74 Å². The smallest absolute Gasteiger partial charge is 0.165 e. The summed E-state index contributed by atoms with van der Waals surface area (Å²) >= 11 is 0. The molecule has 0 aromatic heterocycles. The van der Waals surface area contributed by atoms with Crippen LogP contribution in [0.5, 0.6) is 5.75 Å². The first-order valence-electron chi connectivity index (χ1n) is 6.31. The Labute approximate surface area is 107 Å². The molecule has 1 aliphatic rings. The molecule has 0 amide bonds. The summed E-state index contributed by atoms with van der Waals surface area (Å²) in [7, 11) is 0. The maximum absolute atomic E-state index is 13.5. The number of rotatable bonds is 4. The zero-order valence-electron chi connectivity index (χ0n) is 10.3. The highest BCUT2D eigenvalue weighted by molar-refractivity contribution is 5.40. The SMILES string of the molecule is OCCC#Cc1ccc(F)c(OCC2CCC2)c1. The van der Waals surface area contributed by atoms with Crippen LogP contribution in [0.2, 0.25) is 0 Å². The quantitative estimate of drug-likeness (QED) is 0.830. The molecule has 0 radical (unpaired) electrons. The number of hydrogen-bond donors (Lipinski definition) is 1. The number of benzene rings is 1. The number of aliphatic hydroxyl groups is 1. The van der Waals surface area contributed by atoms with Gasteiger partial charge in [0.25, 0.3) is 0 Å². The van der Waals surface area contributed by atoms with Crippen molar-refractivity contribution in [1.29, 1.82) is 0 Å². The van der Waals surface area contributed by atoms with Crippen LogP contribution >= 0.6 is 0 Å². The molecule has 2 rings (SSSR count). The minimum absolute atomic E-state index is 0.0409. The lowest BCUT2D eigenvalue weighted by molar-refractivity contribution is 0.175. The third-order valence-corrected chi connectivity index (χ3v) is 3.10. The summed E-state index contributed by atoms with van der Waals surface area (Å²) in [5.74, 6) is 6.19. The first-order valence-corrected chi connectivity index (χ1v) is 6.31. The van der Waals surface area contributed by atoms with E-state index in [1.165, 1.54) is 25.3 Å². The van der Waals surface area contributed by atoms with Gasteiger partial charge < -0.3 is 9.84 Å². The Morgan fingerprint density at radius 3 is 2.89 bits per heavy atom. The third-order valence-electron chi connectivity index (χ3n) is 3.10. The maximum Gasteiger partial charge on any atom is 0.165 e. The van der Waals surface area contributed by atoms with Crippen LogP contribution in [-0.2, 0) is 0 Å². The summed E-state index contributed by atoms with van der Waals surface area (Å²) in [6.07, 6.45) is 4.04. The molecule has 3 heteroatoms. The van der Waals surface area contributed by atoms with Gasteiger partial charge in [0.15, 0.2) is 11.6 Å². The van der Waals surface area contributed by atoms with Crippen LogP contribution in [0.3, 0.4) is 0 Å². The Balaban J connectivity index is 1.99. The van der Waals surface area contributed by atoms with Crippen molar-refractivity contribution in [3.8, 4) is 17.6 Å². The minimum atomic E-state index is -0.345. The van der Waals surface area contributed by atoms with E-state index in [1.807, 2.05) is 0 Å². The fourth-order valence-corrected chi connectivity index (χ4v) is 1.78. The van der Waals surface area contributed by atoms with E-state index >= 15 is 0 Å². The largest absolute Gasteiger partial charge is 0.490 e. The second-order valence-corrected chi connectivity index (χ2v) is 4.53. The lowest BCUT2D eigenvalue weighted by Crippen LogP contribution is -2.19. The van der Waals surface area contributed by atoms with Crippen molar-refractivity contribution in [2.45, 2.75) is 25.7 Å². The van der Waals surface area contributed by atoms with Gasteiger partial charge in [0, 0.05) is 12.0 Å². The van der Waals surface area contributed by atoms with Gasteiger partial charge in [0.2, 0.25) is 0 Å². The monoisotopic (exact) mass is 248 g/mol. The Hall–Kier alpha value is -1.53. The molecule has 0 bridgehead atoms. The molecule has 0 unspecified atom stereocenters. The molecule has 1 aromatic carbocycles. The molecule has 1 aromatic rings. The van der Waals surface area contributed by atoms with Crippen LogP contribution in [-0.4, -0.2) is 18.3 Å². The zero-order valence-corrected chi connectivity index (χ0v) is 10.3. The summed E-state index contributed by atoms with van der Waals surface area (Å²) in [4.78, 5) is 0. The van der Waals surface area contributed by atoms with E-state index in [1.54, 1.807) is 12.1 Å². The molecular formula is C15H17FO2. The van der Waals surface area contributed by atoms with Crippen LogP contribution in [0.4, 0.5) is 4.39 Å². The average Bonchev–Trinajstić information content (AvgIpc) is 2.31. The summed E-state index contributed by atoms with van der Waals surface area (Å²) in [6.45, 7) is 0.629. The predicted octanol–water partition coefficient (Wildman–Crippen LogP) is 2.74. The maximum atomic E-state index is 13.5. The minimum Gasteiger partial charge on any atom is -0.490 e. The Kier molecular flexibility index (Phi) is 4.60. The van der Waals surface area contributed by atoms with Crippen molar-refractivity contribution >= 4 is 0 Å². The second-order valence-electron chi connectivity index (χ2n) is 4.53. The van der Waals surface area contributed by atoms with Crippen molar-refractivity contribution in [1.82, 2.24) is 0 Å². The highest BCUT2D eigenvalue weighted by Crippen LogP contribution is 2.28. The lowest BCUT2D eigenvalue weighted by atomic mass is 9.86. The number of halogens is 1. The lowest BCUT2D eigenvalue weighted by Gasteiger charge is -2.25. The Morgan fingerprint density at radius 1 is 1.39 bits per heavy atom. The predicted molar refractivity (Wildman–Crippen MR) is 67.8 cm³/mol.